The number of nitrogens with two attached hydrogens (primary N) is 1. The number of carbonyl (C=O) groups is 1. The molecule has 1 aromatic rings. The minimum atomic E-state index is 0.0666. The molecule has 0 aliphatic carbocycles. The first kappa shape index (κ1) is 15.5. The van der Waals surface area contributed by atoms with Crippen LogP contribution in [0.3, 0.4) is 0 Å². The SMILES string of the molecule is CC(C)N(C)CCCNC(=O)Cc1ccc(N)cc1. The fourth-order valence-corrected chi connectivity index (χ4v) is 1.70. The zero-order chi connectivity index (χ0) is 14.3. The van der Waals surface area contributed by atoms with Crippen molar-refractivity contribution in [3.8, 4) is 0 Å². The molecule has 0 bridgehead atoms. The number of nitrogens with zero attached hydrogens (tertiary/aromatic N) is 1. The summed E-state index contributed by atoms with van der Waals surface area (Å²) in [5.41, 5.74) is 7.32. The number of hydrogen-bond donors (Lipinski definition) is 2. The van der Waals surface area contributed by atoms with Crippen molar-refractivity contribution >= 4 is 11.6 Å². The van der Waals surface area contributed by atoms with Crippen molar-refractivity contribution in [3.05, 3.63) is 29.8 Å². The first-order chi connectivity index (χ1) is 8.99. The Morgan fingerprint density at radius 1 is 1.32 bits per heavy atom. The normalized spacial score (nSPS) is 11.0. The molecule has 0 aromatic heterocycles. The second-order valence-corrected chi connectivity index (χ2v) is 5.20. The second kappa shape index (κ2) is 7.79. The van der Waals surface area contributed by atoms with Gasteiger partial charge in [-0.1, -0.05) is 12.1 Å². The topological polar surface area (TPSA) is 58.4 Å². The molecule has 0 saturated heterocycles. The molecule has 0 spiro atoms. The van der Waals surface area contributed by atoms with Gasteiger partial charge in [0.05, 0.1) is 6.42 Å². The van der Waals surface area contributed by atoms with Gasteiger partial charge in [-0.05, 0) is 51.6 Å². The van der Waals surface area contributed by atoms with Crippen molar-refractivity contribution in [2.45, 2.75) is 32.7 Å². The summed E-state index contributed by atoms with van der Waals surface area (Å²) in [6.45, 7) is 6.06. The van der Waals surface area contributed by atoms with E-state index in [-0.39, 0.29) is 5.91 Å². The van der Waals surface area contributed by atoms with Gasteiger partial charge in [-0.25, -0.2) is 0 Å². The van der Waals surface area contributed by atoms with Crippen molar-refractivity contribution in [3.63, 3.8) is 0 Å². The number of anilines is 1. The van der Waals surface area contributed by atoms with Crippen molar-refractivity contribution in [2.75, 3.05) is 25.9 Å². The van der Waals surface area contributed by atoms with Gasteiger partial charge in [0.25, 0.3) is 0 Å². The minimum Gasteiger partial charge on any atom is -0.399 e. The van der Waals surface area contributed by atoms with Gasteiger partial charge >= 0.3 is 0 Å². The van der Waals surface area contributed by atoms with Crippen LogP contribution in [0.5, 0.6) is 0 Å². The molecule has 0 heterocycles. The Bertz CT molecular complexity index is 387. The van der Waals surface area contributed by atoms with Crippen LogP contribution in [0.2, 0.25) is 0 Å². The maximum atomic E-state index is 11.7. The number of nitrogen functional groups attached to an aromatic ring is 1. The lowest BCUT2D eigenvalue weighted by Gasteiger charge is -2.20. The van der Waals surface area contributed by atoms with Crippen LogP contribution in [-0.2, 0) is 11.2 Å². The van der Waals surface area contributed by atoms with Crippen LogP contribution in [0.1, 0.15) is 25.8 Å². The van der Waals surface area contributed by atoms with E-state index >= 15 is 0 Å². The third kappa shape index (κ3) is 6.25. The summed E-state index contributed by atoms with van der Waals surface area (Å²) in [5.74, 6) is 0.0666. The van der Waals surface area contributed by atoms with Gasteiger partial charge in [0.1, 0.15) is 0 Å². The average molecular weight is 263 g/mol. The van der Waals surface area contributed by atoms with Gasteiger partial charge in [-0.15, -0.1) is 0 Å². The molecule has 0 fully saturated rings. The third-order valence-corrected chi connectivity index (χ3v) is 3.24. The van der Waals surface area contributed by atoms with Gasteiger partial charge in [-0.2, -0.15) is 0 Å². The molecule has 0 aliphatic rings. The number of rotatable bonds is 7. The lowest BCUT2D eigenvalue weighted by molar-refractivity contribution is -0.120. The number of hydrogen-bond acceptors (Lipinski definition) is 3. The summed E-state index contributed by atoms with van der Waals surface area (Å²) < 4.78 is 0. The molecule has 0 unspecified atom stereocenters. The highest BCUT2D eigenvalue weighted by Gasteiger charge is 2.04. The number of nitrogens with one attached hydrogen (secondary N) is 1. The first-order valence-corrected chi connectivity index (χ1v) is 6.80. The van der Waals surface area contributed by atoms with E-state index in [1.54, 1.807) is 0 Å². The molecular formula is C15H25N3O. The summed E-state index contributed by atoms with van der Waals surface area (Å²) in [5, 5.41) is 2.94. The maximum Gasteiger partial charge on any atom is 0.224 e. The van der Waals surface area contributed by atoms with Crippen LogP contribution < -0.4 is 11.1 Å². The predicted octanol–water partition coefficient (Wildman–Crippen LogP) is 1.66. The molecule has 4 nitrogen and oxygen atoms in total. The number of amides is 1. The Hall–Kier alpha value is -1.55. The molecule has 0 atom stereocenters. The van der Waals surface area contributed by atoms with Crippen LogP contribution in [0, 0.1) is 0 Å². The molecular weight excluding hydrogens is 238 g/mol. The van der Waals surface area contributed by atoms with E-state index < -0.39 is 0 Å². The van der Waals surface area contributed by atoms with Crippen molar-refractivity contribution in [1.82, 2.24) is 10.2 Å². The van der Waals surface area contributed by atoms with Gasteiger partial charge in [0.2, 0.25) is 5.91 Å². The van der Waals surface area contributed by atoms with Gasteiger partial charge in [0, 0.05) is 18.3 Å². The molecule has 106 valence electrons. The van der Waals surface area contributed by atoms with Crippen molar-refractivity contribution in [1.29, 1.82) is 0 Å². The summed E-state index contributed by atoms with van der Waals surface area (Å²) in [6, 6.07) is 7.97. The molecule has 0 aliphatic heterocycles. The maximum absolute atomic E-state index is 11.7. The molecule has 3 N–H and O–H groups in total. The first-order valence-electron chi connectivity index (χ1n) is 6.80. The summed E-state index contributed by atoms with van der Waals surface area (Å²) >= 11 is 0. The fraction of sp³-hybridized carbons (Fsp3) is 0.533. The van der Waals surface area contributed by atoms with Gasteiger partial charge in [0.15, 0.2) is 0 Å². The highest BCUT2D eigenvalue weighted by atomic mass is 16.1. The largest absolute Gasteiger partial charge is 0.399 e. The van der Waals surface area contributed by atoms with Crippen LogP contribution in [0.15, 0.2) is 24.3 Å². The minimum absolute atomic E-state index is 0.0666. The van der Waals surface area contributed by atoms with Crippen LogP contribution in [-0.4, -0.2) is 37.0 Å². The molecule has 0 radical (unpaired) electrons. The Balaban J connectivity index is 2.20. The van der Waals surface area contributed by atoms with Gasteiger partial charge in [-0.3, -0.25) is 4.79 Å². The monoisotopic (exact) mass is 263 g/mol. The Morgan fingerprint density at radius 2 is 1.95 bits per heavy atom. The van der Waals surface area contributed by atoms with Crippen LogP contribution in [0.25, 0.3) is 0 Å². The van der Waals surface area contributed by atoms with Crippen molar-refractivity contribution < 1.29 is 4.79 Å². The molecule has 1 rings (SSSR count). The van der Waals surface area contributed by atoms with Gasteiger partial charge < -0.3 is 16.0 Å². The lowest BCUT2D eigenvalue weighted by atomic mass is 10.1. The smallest absolute Gasteiger partial charge is 0.224 e. The van der Waals surface area contributed by atoms with E-state index in [0.717, 1.165) is 30.8 Å². The lowest BCUT2D eigenvalue weighted by Crippen LogP contribution is -2.31. The highest BCUT2D eigenvalue weighted by Crippen LogP contribution is 2.05. The average Bonchev–Trinajstić information content (AvgIpc) is 2.37. The van der Waals surface area contributed by atoms with Crippen LogP contribution in [0.4, 0.5) is 5.69 Å². The van der Waals surface area contributed by atoms with E-state index in [1.165, 1.54) is 0 Å². The Labute approximate surface area is 116 Å². The molecule has 19 heavy (non-hydrogen) atoms. The third-order valence-electron chi connectivity index (χ3n) is 3.24. The zero-order valence-electron chi connectivity index (χ0n) is 12.1. The van der Waals surface area contributed by atoms with E-state index in [0.29, 0.717) is 12.5 Å². The second-order valence-electron chi connectivity index (χ2n) is 5.20. The fourth-order valence-electron chi connectivity index (χ4n) is 1.70. The standard InChI is InChI=1S/C15H25N3O/c1-12(2)18(3)10-4-9-17-15(19)11-13-5-7-14(16)8-6-13/h5-8,12H,4,9-11,16H2,1-3H3,(H,17,19). The highest BCUT2D eigenvalue weighted by molar-refractivity contribution is 5.78. The van der Waals surface area contributed by atoms with E-state index in [1.807, 2.05) is 24.3 Å². The van der Waals surface area contributed by atoms with Crippen LogP contribution >= 0.6 is 0 Å². The predicted molar refractivity (Wildman–Crippen MR) is 80.0 cm³/mol. The zero-order valence-corrected chi connectivity index (χ0v) is 12.1. The Morgan fingerprint density at radius 3 is 2.53 bits per heavy atom. The van der Waals surface area contributed by atoms with E-state index in [2.05, 4.69) is 31.1 Å². The number of carbonyl (C=O) groups excluding carboxylic acids is 1. The molecule has 4 heteroatoms. The molecule has 0 saturated carbocycles. The Kier molecular flexibility index (Phi) is 6.36. The molecule has 1 aromatic carbocycles. The van der Waals surface area contributed by atoms with E-state index in [9.17, 15) is 4.79 Å². The molecule has 1 amide bonds. The summed E-state index contributed by atoms with van der Waals surface area (Å²) in [7, 11) is 2.10. The number of benzene rings is 1. The quantitative estimate of drug-likeness (QED) is 0.581. The van der Waals surface area contributed by atoms with Crippen molar-refractivity contribution in [2.24, 2.45) is 0 Å². The summed E-state index contributed by atoms with van der Waals surface area (Å²) in [4.78, 5) is 14.0. The van der Waals surface area contributed by atoms with E-state index in [4.69, 9.17) is 5.73 Å². The summed E-state index contributed by atoms with van der Waals surface area (Å²) in [6.07, 6.45) is 1.39.